The van der Waals surface area contributed by atoms with Crippen molar-refractivity contribution in [3.8, 4) is 0 Å². The van der Waals surface area contributed by atoms with E-state index in [-0.39, 0.29) is 12.0 Å². The van der Waals surface area contributed by atoms with E-state index < -0.39 is 11.7 Å². The first kappa shape index (κ1) is 20.3. The van der Waals surface area contributed by atoms with Gasteiger partial charge in [0, 0.05) is 19.6 Å². The van der Waals surface area contributed by atoms with Crippen LogP contribution in [-0.4, -0.2) is 50.3 Å². The highest BCUT2D eigenvalue weighted by molar-refractivity contribution is 5.78. The van der Waals surface area contributed by atoms with E-state index in [4.69, 9.17) is 10.5 Å². The van der Waals surface area contributed by atoms with Gasteiger partial charge in [-0.15, -0.1) is 0 Å². The molecule has 1 atom stereocenters. The van der Waals surface area contributed by atoms with E-state index in [0.29, 0.717) is 39.4 Å². The standard InChI is InChI=1S/C18H25F3N4O/c1-13(2)11-23-17(22)24-12-16(25-7-9-26-10-8-25)14-3-5-15(6-4-14)18(19,20)21/h3-6,16H,1,7-12H2,2H3,(H3,22,23,24). The van der Waals surface area contributed by atoms with Crippen LogP contribution in [0.4, 0.5) is 13.2 Å². The molecule has 26 heavy (non-hydrogen) atoms. The Hall–Kier alpha value is -2.06. The SMILES string of the molecule is C=C(C)CNC(N)=NCC(c1ccc(C(F)(F)F)cc1)N1CCOCC1. The number of halogens is 3. The molecule has 0 radical (unpaired) electrons. The van der Waals surface area contributed by atoms with Gasteiger partial charge in [-0.25, -0.2) is 0 Å². The predicted molar refractivity (Wildman–Crippen MR) is 95.9 cm³/mol. The Kier molecular flexibility index (Phi) is 7.05. The third kappa shape index (κ3) is 6.03. The van der Waals surface area contributed by atoms with Crippen LogP contribution >= 0.6 is 0 Å². The molecule has 1 aliphatic rings. The summed E-state index contributed by atoms with van der Waals surface area (Å²) in [6, 6.07) is 5.07. The number of benzene rings is 1. The number of nitrogens with two attached hydrogens (primary N) is 1. The largest absolute Gasteiger partial charge is 0.416 e. The second-order valence-electron chi connectivity index (χ2n) is 6.32. The number of alkyl halides is 3. The van der Waals surface area contributed by atoms with Crippen LogP contribution in [0.15, 0.2) is 41.4 Å². The summed E-state index contributed by atoms with van der Waals surface area (Å²) in [4.78, 5) is 6.51. The fourth-order valence-electron chi connectivity index (χ4n) is 2.70. The molecule has 144 valence electrons. The van der Waals surface area contributed by atoms with Crippen LogP contribution in [0.3, 0.4) is 0 Å². The average molecular weight is 370 g/mol. The number of aliphatic imine (C=N–C) groups is 1. The molecule has 1 saturated heterocycles. The van der Waals surface area contributed by atoms with Gasteiger partial charge in [-0.05, 0) is 24.6 Å². The van der Waals surface area contributed by atoms with E-state index in [2.05, 4.69) is 21.8 Å². The van der Waals surface area contributed by atoms with Crippen LogP contribution in [0, 0.1) is 0 Å². The molecule has 0 aromatic heterocycles. The van der Waals surface area contributed by atoms with Crippen molar-refractivity contribution in [1.82, 2.24) is 10.2 Å². The van der Waals surface area contributed by atoms with E-state index in [9.17, 15) is 13.2 Å². The Morgan fingerprint density at radius 3 is 2.46 bits per heavy atom. The molecular formula is C18H25F3N4O. The lowest BCUT2D eigenvalue weighted by atomic mass is 10.0. The number of hydrogen-bond acceptors (Lipinski definition) is 3. The fourth-order valence-corrected chi connectivity index (χ4v) is 2.70. The third-order valence-electron chi connectivity index (χ3n) is 4.12. The zero-order valence-electron chi connectivity index (χ0n) is 14.9. The smallest absolute Gasteiger partial charge is 0.379 e. The zero-order chi connectivity index (χ0) is 19.2. The summed E-state index contributed by atoms with van der Waals surface area (Å²) < 4.78 is 43.8. The average Bonchev–Trinajstić information content (AvgIpc) is 2.61. The number of rotatable bonds is 6. The van der Waals surface area contributed by atoms with Crippen molar-refractivity contribution in [2.45, 2.75) is 19.1 Å². The van der Waals surface area contributed by atoms with Crippen LogP contribution in [0.1, 0.15) is 24.1 Å². The summed E-state index contributed by atoms with van der Waals surface area (Å²) in [5.74, 6) is 0.290. The molecule has 8 heteroatoms. The molecule has 0 saturated carbocycles. The molecule has 1 fully saturated rings. The Morgan fingerprint density at radius 1 is 1.31 bits per heavy atom. The lowest BCUT2D eigenvalue weighted by Crippen LogP contribution is -2.41. The molecule has 0 bridgehead atoms. The Bertz CT molecular complexity index is 622. The highest BCUT2D eigenvalue weighted by Crippen LogP contribution is 2.31. The quantitative estimate of drug-likeness (QED) is 0.459. The van der Waals surface area contributed by atoms with Gasteiger partial charge in [0.15, 0.2) is 5.96 Å². The summed E-state index contributed by atoms with van der Waals surface area (Å²) in [7, 11) is 0. The maximum atomic E-state index is 12.8. The molecule has 5 nitrogen and oxygen atoms in total. The number of nitrogens with zero attached hydrogens (tertiary/aromatic N) is 2. The van der Waals surface area contributed by atoms with Crippen LogP contribution in [-0.2, 0) is 10.9 Å². The lowest BCUT2D eigenvalue weighted by molar-refractivity contribution is -0.137. The zero-order valence-corrected chi connectivity index (χ0v) is 14.9. The Labute approximate surface area is 151 Å². The van der Waals surface area contributed by atoms with E-state index in [1.165, 1.54) is 12.1 Å². The van der Waals surface area contributed by atoms with Gasteiger partial charge in [-0.3, -0.25) is 9.89 Å². The molecular weight excluding hydrogens is 345 g/mol. The molecule has 1 aromatic carbocycles. The van der Waals surface area contributed by atoms with Gasteiger partial charge in [0.05, 0.1) is 31.4 Å². The second kappa shape index (κ2) is 9.05. The number of morpholine rings is 1. The summed E-state index contributed by atoms with van der Waals surface area (Å²) in [6.07, 6.45) is -4.35. The van der Waals surface area contributed by atoms with Gasteiger partial charge >= 0.3 is 6.18 Å². The normalized spacial score (nSPS) is 17.8. The van der Waals surface area contributed by atoms with Crippen molar-refractivity contribution in [2.24, 2.45) is 10.7 Å². The van der Waals surface area contributed by atoms with Crippen LogP contribution in [0.5, 0.6) is 0 Å². The summed E-state index contributed by atoms with van der Waals surface area (Å²) in [6.45, 7) is 9.10. The number of nitrogens with one attached hydrogen (secondary N) is 1. The van der Waals surface area contributed by atoms with Crippen molar-refractivity contribution < 1.29 is 17.9 Å². The van der Waals surface area contributed by atoms with Gasteiger partial charge in [0.1, 0.15) is 0 Å². The lowest BCUT2D eigenvalue weighted by Gasteiger charge is -2.34. The monoisotopic (exact) mass is 370 g/mol. The van der Waals surface area contributed by atoms with Crippen molar-refractivity contribution in [3.63, 3.8) is 0 Å². The van der Waals surface area contributed by atoms with Crippen molar-refractivity contribution in [3.05, 3.63) is 47.5 Å². The number of ether oxygens (including phenoxy) is 1. The minimum Gasteiger partial charge on any atom is -0.379 e. The maximum absolute atomic E-state index is 12.8. The van der Waals surface area contributed by atoms with E-state index in [1.54, 1.807) is 0 Å². The minimum atomic E-state index is -4.35. The van der Waals surface area contributed by atoms with Crippen molar-refractivity contribution in [1.29, 1.82) is 0 Å². The van der Waals surface area contributed by atoms with Crippen LogP contribution in [0.2, 0.25) is 0 Å². The third-order valence-corrected chi connectivity index (χ3v) is 4.12. The maximum Gasteiger partial charge on any atom is 0.416 e. The van der Waals surface area contributed by atoms with Crippen molar-refractivity contribution in [2.75, 3.05) is 39.4 Å². The Balaban J connectivity index is 2.15. The number of hydrogen-bond donors (Lipinski definition) is 2. The van der Waals surface area contributed by atoms with Gasteiger partial charge in [-0.1, -0.05) is 24.3 Å². The summed E-state index contributed by atoms with van der Waals surface area (Å²) in [5.41, 5.74) is 6.91. The predicted octanol–water partition coefficient (Wildman–Crippen LogP) is 2.56. The van der Waals surface area contributed by atoms with E-state index >= 15 is 0 Å². The van der Waals surface area contributed by atoms with Crippen molar-refractivity contribution >= 4 is 5.96 Å². The highest BCUT2D eigenvalue weighted by Gasteiger charge is 2.31. The first-order chi connectivity index (χ1) is 12.3. The topological polar surface area (TPSA) is 62.9 Å². The molecule has 1 aliphatic heterocycles. The first-order valence-corrected chi connectivity index (χ1v) is 8.44. The fraction of sp³-hybridized carbons (Fsp3) is 0.500. The molecule has 0 spiro atoms. The molecule has 0 amide bonds. The van der Waals surface area contributed by atoms with E-state index in [0.717, 1.165) is 23.3 Å². The summed E-state index contributed by atoms with van der Waals surface area (Å²) >= 11 is 0. The Morgan fingerprint density at radius 2 is 1.92 bits per heavy atom. The molecule has 3 N–H and O–H groups in total. The molecule has 0 aliphatic carbocycles. The molecule has 1 heterocycles. The van der Waals surface area contributed by atoms with Gasteiger partial charge < -0.3 is 15.8 Å². The molecule has 1 aromatic rings. The van der Waals surface area contributed by atoms with Crippen LogP contribution in [0.25, 0.3) is 0 Å². The van der Waals surface area contributed by atoms with Crippen LogP contribution < -0.4 is 11.1 Å². The number of guanidine groups is 1. The van der Waals surface area contributed by atoms with Gasteiger partial charge in [0.2, 0.25) is 0 Å². The molecule has 1 unspecified atom stereocenters. The molecule has 2 rings (SSSR count). The first-order valence-electron chi connectivity index (χ1n) is 8.44. The van der Waals surface area contributed by atoms with Gasteiger partial charge in [0.25, 0.3) is 0 Å². The second-order valence-corrected chi connectivity index (χ2v) is 6.32. The summed E-state index contributed by atoms with van der Waals surface area (Å²) in [5, 5.41) is 2.96. The van der Waals surface area contributed by atoms with Gasteiger partial charge in [-0.2, -0.15) is 13.2 Å². The minimum absolute atomic E-state index is 0.161. The highest BCUT2D eigenvalue weighted by atomic mass is 19.4. The van der Waals surface area contributed by atoms with E-state index in [1.807, 2.05) is 6.92 Å².